The van der Waals surface area contributed by atoms with Crippen LogP contribution in [0.5, 0.6) is 0 Å². The van der Waals surface area contributed by atoms with Gasteiger partial charge in [0, 0.05) is 31.0 Å². The van der Waals surface area contributed by atoms with Crippen LogP contribution in [0.15, 0.2) is 23.1 Å². The molecule has 1 aliphatic rings. The van der Waals surface area contributed by atoms with Gasteiger partial charge in [0.25, 0.3) is 0 Å². The minimum absolute atomic E-state index is 0.305. The number of thioether (sulfide) groups is 1. The maximum absolute atomic E-state index is 11.5. The number of amides is 1. The lowest BCUT2D eigenvalue weighted by Crippen LogP contribution is -2.26. The molecule has 2 heterocycles. The molecular formula is C15H19N3OS2. The number of thiazole rings is 1. The quantitative estimate of drug-likeness (QED) is 0.654. The Kier molecular flexibility index (Phi) is 4.65. The number of nitrogens with one attached hydrogen (secondary N) is 1. The molecule has 0 aliphatic carbocycles. The zero-order valence-corrected chi connectivity index (χ0v) is 13.7. The number of anilines is 1. The lowest BCUT2D eigenvalue weighted by Gasteiger charge is -2.14. The first-order valence-electron chi connectivity index (χ1n) is 7.22. The average molecular weight is 321 g/mol. The number of likely N-dealkylation sites (tertiary alicyclic amines) is 1. The fraction of sp³-hybridized carbons (Fsp3) is 0.467. The van der Waals surface area contributed by atoms with Crippen LogP contribution in [0.1, 0.15) is 19.3 Å². The molecule has 1 fully saturated rings. The highest BCUT2D eigenvalue weighted by molar-refractivity contribution is 7.98. The predicted molar refractivity (Wildman–Crippen MR) is 90.3 cm³/mol. The summed E-state index contributed by atoms with van der Waals surface area (Å²) in [5.41, 5.74) is 1.05. The summed E-state index contributed by atoms with van der Waals surface area (Å²) in [4.78, 5) is 19.3. The second kappa shape index (κ2) is 6.66. The van der Waals surface area contributed by atoms with Gasteiger partial charge in [-0.05, 0) is 37.3 Å². The first-order chi connectivity index (χ1) is 10.3. The van der Waals surface area contributed by atoms with E-state index in [4.69, 9.17) is 0 Å². The van der Waals surface area contributed by atoms with Crippen molar-refractivity contribution >= 4 is 44.4 Å². The third kappa shape index (κ3) is 3.49. The van der Waals surface area contributed by atoms with Gasteiger partial charge in [0.05, 0.1) is 10.2 Å². The van der Waals surface area contributed by atoms with Crippen LogP contribution in [0.25, 0.3) is 10.2 Å². The number of hydrogen-bond acceptors (Lipinski definition) is 5. The number of hydrogen-bond donors (Lipinski definition) is 1. The molecule has 1 saturated heterocycles. The van der Waals surface area contributed by atoms with Crippen molar-refractivity contribution in [1.82, 2.24) is 9.88 Å². The Morgan fingerprint density at radius 3 is 3.14 bits per heavy atom. The van der Waals surface area contributed by atoms with Crippen LogP contribution in [0.2, 0.25) is 0 Å². The molecule has 1 amide bonds. The number of carbonyl (C=O) groups is 1. The van der Waals surface area contributed by atoms with Crippen molar-refractivity contribution < 1.29 is 4.79 Å². The fourth-order valence-corrected chi connectivity index (χ4v) is 3.96. The minimum atomic E-state index is 0.305. The van der Waals surface area contributed by atoms with E-state index in [0.29, 0.717) is 5.91 Å². The van der Waals surface area contributed by atoms with Gasteiger partial charge in [0.15, 0.2) is 5.13 Å². The van der Waals surface area contributed by atoms with E-state index in [9.17, 15) is 4.79 Å². The smallest absolute Gasteiger partial charge is 0.222 e. The van der Waals surface area contributed by atoms with E-state index in [1.807, 2.05) is 4.90 Å². The number of aromatic nitrogens is 1. The number of nitrogens with zero attached hydrogens (tertiary/aromatic N) is 2. The predicted octanol–water partition coefficient (Wildman–Crippen LogP) is 3.44. The van der Waals surface area contributed by atoms with Gasteiger partial charge in [-0.25, -0.2) is 4.98 Å². The molecule has 4 nitrogen and oxygen atoms in total. The van der Waals surface area contributed by atoms with Crippen molar-refractivity contribution in [2.75, 3.05) is 31.2 Å². The maximum Gasteiger partial charge on any atom is 0.222 e. The van der Waals surface area contributed by atoms with E-state index in [1.165, 1.54) is 9.60 Å². The highest BCUT2D eigenvalue weighted by Crippen LogP contribution is 2.29. The molecule has 3 rings (SSSR count). The van der Waals surface area contributed by atoms with Crippen LogP contribution < -0.4 is 5.32 Å². The molecule has 1 aliphatic heterocycles. The molecule has 0 atom stereocenters. The molecule has 112 valence electrons. The van der Waals surface area contributed by atoms with Crippen molar-refractivity contribution in [3.63, 3.8) is 0 Å². The highest BCUT2D eigenvalue weighted by Gasteiger charge is 2.18. The van der Waals surface area contributed by atoms with Crippen molar-refractivity contribution in [1.29, 1.82) is 0 Å². The van der Waals surface area contributed by atoms with Crippen molar-refractivity contribution in [3.8, 4) is 0 Å². The number of carbonyl (C=O) groups excluding carboxylic acids is 1. The first-order valence-corrected chi connectivity index (χ1v) is 9.26. The summed E-state index contributed by atoms with van der Waals surface area (Å²) < 4.78 is 1.22. The van der Waals surface area contributed by atoms with Crippen molar-refractivity contribution in [3.05, 3.63) is 18.2 Å². The highest BCUT2D eigenvalue weighted by atomic mass is 32.2. The standard InChI is InChI=1S/C15H19N3OS2/c1-20-11-5-6-12-13(10-11)21-15(17-12)16-7-3-9-18-8-2-4-14(18)19/h5-6,10H,2-4,7-9H2,1H3,(H,16,17). The molecule has 0 bridgehead atoms. The monoisotopic (exact) mass is 321 g/mol. The Labute approximate surface area is 132 Å². The maximum atomic E-state index is 11.5. The molecule has 0 radical (unpaired) electrons. The second-order valence-electron chi connectivity index (χ2n) is 5.12. The van der Waals surface area contributed by atoms with Crippen LogP contribution >= 0.6 is 23.1 Å². The zero-order chi connectivity index (χ0) is 14.7. The Bertz CT molecular complexity index is 641. The Morgan fingerprint density at radius 1 is 1.48 bits per heavy atom. The normalized spacial score (nSPS) is 15.1. The van der Waals surface area contributed by atoms with Gasteiger partial charge in [-0.1, -0.05) is 11.3 Å². The van der Waals surface area contributed by atoms with Crippen LogP contribution in [0.3, 0.4) is 0 Å². The number of benzene rings is 1. The fourth-order valence-electron chi connectivity index (χ4n) is 2.51. The van der Waals surface area contributed by atoms with Crippen LogP contribution in [0.4, 0.5) is 5.13 Å². The minimum Gasteiger partial charge on any atom is -0.361 e. The van der Waals surface area contributed by atoms with E-state index >= 15 is 0 Å². The van der Waals surface area contributed by atoms with Gasteiger partial charge in [-0.2, -0.15) is 0 Å². The van der Waals surface area contributed by atoms with Gasteiger partial charge in [0.2, 0.25) is 5.91 Å². The lowest BCUT2D eigenvalue weighted by atomic mass is 10.3. The third-order valence-electron chi connectivity index (χ3n) is 3.65. The summed E-state index contributed by atoms with van der Waals surface area (Å²) in [5, 5.41) is 4.34. The summed E-state index contributed by atoms with van der Waals surface area (Å²) >= 11 is 3.44. The molecule has 0 saturated carbocycles. The first kappa shape index (κ1) is 14.7. The largest absolute Gasteiger partial charge is 0.361 e. The third-order valence-corrected chi connectivity index (χ3v) is 5.35. The summed E-state index contributed by atoms with van der Waals surface area (Å²) in [6.45, 7) is 2.64. The SMILES string of the molecule is CSc1ccc2nc(NCCCN3CCCC3=O)sc2c1. The average Bonchev–Trinajstić information content (AvgIpc) is 3.08. The van der Waals surface area contributed by atoms with E-state index < -0.39 is 0 Å². The molecule has 0 spiro atoms. The summed E-state index contributed by atoms with van der Waals surface area (Å²) in [7, 11) is 0. The topological polar surface area (TPSA) is 45.2 Å². The Morgan fingerprint density at radius 2 is 2.38 bits per heavy atom. The van der Waals surface area contributed by atoms with Gasteiger partial charge >= 0.3 is 0 Å². The lowest BCUT2D eigenvalue weighted by molar-refractivity contribution is -0.127. The summed E-state index contributed by atoms with van der Waals surface area (Å²) in [6, 6.07) is 6.37. The number of rotatable bonds is 6. The van der Waals surface area contributed by atoms with E-state index in [2.05, 4.69) is 34.8 Å². The molecule has 1 N–H and O–H groups in total. The van der Waals surface area contributed by atoms with Gasteiger partial charge in [-0.3, -0.25) is 4.79 Å². The molecular weight excluding hydrogens is 302 g/mol. The van der Waals surface area contributed by atoms with E-state index in [0.717, 1.165) is 49.5 Å². The summed E-state index contributed by atoms with van der Waals surface area (Å²) in [6.07, 6.45) is 4.80. The molecule has 21 heavy (non-hydrogen) atoms. The summed E-state index contributed by atoms with van der Waals surface area (Å²) in [5.74, 6) is 0.305. The van der Waals surface area contributed by atoms with E-state index in [1.54, 1.807) is 23.1 Å². The zero-order valence-electron chi connectivity index (χ0n) is 12.1. The molecule has 6 heteroatoms. The van der Waals surface area contributed by atoms with Crippen LogP contribution in [-0.2, 0) is 4.79 Å². The molecule has 2 aromatic rings. The molecule has 1 aromatic heterocycles. The molecule has 0 unspecified atom stereocenters. The van der Waals surface area contributed by atoms with Crippen LogP contribution in [0, 0.1) is 0 Å². The molecule has 1 aromatic carbocycles. The van der Waals surface area contributed by atoms with Crippen LogP contribution in [-0.4, -0.2) is 41.7 Å². The van der Waals surface area contributed by atoms with Crippen molar-refractivity contribution in [2.45, 2.75) is 24.2 Å². The van der Waals surface area contributed by atoms with Gasteiger partial charge < -0.3 is 10.2 Å². The van der Waals surface area contributed by atoms with Gasteiger partial charge in [0.1, 0.15) is 0 Å². The van der Waals surface area contributed by atoms with Gasteiger partial charge in [-0.15, -0.1) is 11.8 Å². The Hall–Kier alpha value is -1.27. The Balaban J connectivity index is 1.52. The second-order valence-corrected chi connectivity index (χ2v) is 7.03. The van der Waals surface area contributed by atoms with E-state index in [-0.39, 0.29) is 0 Å². The van der Waals surface area contributed by atoms with Crippen molar-refractivity contribution in [2.24, 2.45) is 0 Å². The number of fused-ring (bicyclic) bond motifs is 1.